The van der Waals surface area contributed by atoms with Crippen LogP contribution in [-0.2, 0) is 19.1 Å². The quantitative estimate of drug-likeness (QED) is 0.620. The molecule has 0 amide bonds. The molecule has 0 aliphatic heterocycles. The number of ether oxygens (including phenoxy) is 2. The van der Waals surface area contributed by atoms with E-state index in [2.05, 4.69) is 0 Å². The number of esters is 2. The van der Waals surface area contributed by atoms with Crippen LogP contribution in [0.3, 0.4) is 0 Å². The summed E-state index contributed by atoms with van der Waals surface area (Å²) in [6, 6.07) is 1.35. The van der Waals surface area contributed by atoms with Gasteiger partial charge in [0.15, 0.2) is 5.92 Å². The highest BCUT2D eigenvalue weighted by atomic mass is 35.5. The molecule has 1 aromatic rings. The summed E-state index contributed by atoms with van der Waals surface area (Å²) in [6.07, 6.45) is 0. The van der Waals surface area contributed by atoms with E-state index < -0.39 is 35.1 Å². The molecule has 1 aromatic carbocycles. The summed E-state index contributed by atoms with van der Waals surface area (Å²) in [5, 5.41) is -0.381. The van der Waals surface area contributed by atoms with Crippen LogP contribution in [0.15, 0.2) is 12.1 Å². The molecule has 20 heavy (non-hydrogen) atoms. The Balaban J connectivity index is 3.30. The molecule has 0 heterocycles. The zero-order chi connectivity index (χ0) is 15.3. The Kier molecular flexibility index (Phi) is 5.88. The van der Waals surface area contributed by atoms with Gasteiger partial charge in [-0.1, -0.05) is 11.6 Å². The summed E-state index contributed by atoms with van der Waals surface area (Å²) in [5.41, 5.74) is -0.454. The van der Waals surface area contributed by atoms with Crippen LogP contribution in [0.2, 0.25) is 5.02 Å². The third kappa shape index (κ3) is 3.66. The van der Waals surface area contributed by atoms with E-state index in [1.807, 2.05) is 0 Å². The Bertz CT molecular complexity index is 478. The Morgan fingerprint density at radius 3 is 2.05 bits per heavy atom. The molecule has 0 atom stereocenters. The number of carbonyl (C=O) groups is 2. The average molecular weight is 307 g/mol. The van der Waals surface area contributed by atoms with Gasteiger partial charge < -0.3 is 9.47 Å². The van der Waals surface area contributed by atoms with Crippen molar-refractivity contribution in [3.05, 3.63) is 34.4 Å². The molecular weight excluding hydrogens is 294 g/mol. The fraction of sp³-hybridized carbons (Fsp3) is 0.385. The molecule has 0 fully saturated rings. The van der Waals surface area contributed by atoms with Crippen LogP contribution >= 0.6 is 11.6 Å². The van der Waals surface area contributed by atoms with Crippen LogP contribution in [0, 0.1) is 11.6 Å². The van der Waals surface area contributed by atoms with Crippen molar-refractivity contribution in [3.8, 4) is 0 Å². The normalized spacial score (nSPS) is 10.5. The van der Waals surface area contributed by atoms with Gasteiger partial charge in [0.2, 0.25) is 0 Å². The Labute approximate surface area is 119 Å². The van der Waals surface area contributed by atoms with Crippen molar-refractivity contribution in [1.82, 2.24) is 0 Å². The minimum absolute atomic E-state index is 0.00479. The topological polar surface area (TPSA) is 52.6 Å². The highest BCUT2D eigenvalue weighted by Crippen LogP contribution is 2.30. The van der Waals surface area contributed by atoms with Crippen LogP contribution in [0.4, 0.5) is 8.78 Å². The lowest BCUT2D eigenvalue weighted by Gasteiger charge is -2.16. The minimum Gasteiger partial charge on any atom is -0.465 e. The first-order valence-corrected chi connectivity index (χ1v) is 6.27. The summed E-state index contributed by atoms with van der Waals surface area (Å²) in [6.45, 7) is 3.05. The van der Waals surface area contributed by atoms with Crippen molar-refractivity contribution in [2.75, 3.05) is 13.2 Å². The van der Waals surface area contributed by atoms with Crippen LogP contribution in [0.25, 0.3) is 0 Å². The average Bonchev–Trinajstić information content (AvgIpc) is 2.33. The fourth-order valence-corrected chi connectivity index (χ4v) is 1.92. The van der Waals surface area contributed by atoms with Crippen LogP contribution < -0.4 is 0 Å². The first kappa shape index (κ1) is 16.4. The molecule has 0 N–H and O–H groups in total. The molecule has 1 rings (SSSR count). The maximum absolute atomic E-state index is 13.8. The molecule has 0 radical (unpaired) electrons. The minimum atomic E-state index is -1.68. The summed E-state index contributed by atoms with van der Waals surface area (Å²) < 4.78 is 36.3. The summed E-state index contributed by atoms with van der Waals surface area (Å²) >= 11 is 5.72. The van der Waals surface area contributed by atoms with Crippen LogP contribution in [0.5, 0.6) is 0 Å². The molecule has 110 valence electrons. The predicted molar refractivity (Wildman–Crippen MR) is 67.4 cm³/mol. The lowest BCUT2D eigenvalue weighted by molar-refractivity contribution is -0.157. The molecule has 4 nitrogen and oxygen atoms in total. The highest BCUT2D eigenvalue weighted by molar-refractivity contribution is 6.32. The van der Waals surface area contributed by atoms with E-state index in [0.29, 0.717) is 6.07 Å². The largest absolute Gasteiger partial charge is 0.465 e. The fourth-order valence-electron chi connectivity index (χ4n) is 1.61. The summed E-state index contributed by atoms with van der Waals surface area (Å²) in [7, 11) is 0. The van der Waals surface area contributed by atoms with Gasteiger partial charge in [0.25, 0.3) is 0 Å². The third-order valence-corrected chi connectivity index (χ3v) is 2.69. The smallest absolute Gasteiger partial charge is 0.325 e. The van der Waals surface area contributed by atoms with Gasteiger partial charge in [-0.25, -0.2) is 8.78 Å². The van der Waals surface area contributed by atoms with E-state index in [4.69, 9.17) is 21.1 Å². The lowest BCUT2D eigenvalue weighted by Crippen LogP contribution is -2.27. The van der Waals surface area contributed by atoms with Crippen molar-refractivity contribution < 1.29 is 27.8 Å². The molecule has 0 aliphatic carbocycles. The first-order valence-electron chi connectivity index (χ1n) is 5.90. The second-order valence-corrected chi connectivity index (χ2v) is 4.13. The van der Waals surface area contributed by atoms with Crippen molar-refractivity contribution >= 4 is 23.5 Å². The number of rotatable bonds is 5. The maximum atomic E-state index is 13.8. The van der Waals surface area contributed by atoms with Gasteiger partial charge in [-0.2, -0.15) is 0 Å². The molecule has 0 aliphatic rings. The molecule has 0 unspecified atom stereocenters. The van der Waals surface area contributed by atoms with Gasteiger partial charge >= 0.3 is 11.9 Å². The second kappa shape index (κ2) is 7.19. The van der Waals surface area contributed by atoms with Crippen molar-refractivity contribution in [1.29, 1.82) is 0 Å². The van der Waals surface area contributed by atoms with E-state index in [9.17, 15) is 18.4 Å². The van der Waals surface area contributed by atoms with Gasteiger partial charge in [0.05, 0.1) is 18.2 Å². The van der Waals surface area contributed by atoms with Gasteiger partial charge in [-0.05, 0) is 19.9 Å². The molecule has 0 saturated heterocycles. The van der Waals surface area contributed by atoms with Gasteiger partial charge in [-0.3, -0.25) is 9.59 Å². The van der Waals surface area contributed by atoms with E-state index in [1.165, 1.54) is 13.8 Å². The maximum Gasteiger partial charge on any atom is 0.325 e. The standard InChI is InChI=1S/C13H13ClF2O4/c1-3-19-12(17)11(13(18)20-4-2)10-8(14)5-7(15)6-9(10)16/h5-6,11H,3-4H2,1-2H3. The van der Waals surface area contributed by atoms with Crippen molar-refractivity contribution in [2.45, 2.75) is 19.8 Å². The lowest BCUT2D eigenvalue weighted by atomic mass is 9.98. The van der Waals surface area contributed by atoms with E-state index in [-0.39, 0.29) is 18.2 Å². The zero-order valence-corrected chi connectivity index (χ0v) is 11.7. The van der Waals surface area contributed by atoms with E-state index in [0.717, 1.165) is 6.07 Å². The van der Waals surface area contributed by atoms with Crippen LogP contribution in [0.1, 0.15) is 25.3 Å². The third-order valence-electron chi connectivity index (χ3n) is 2.38. The SMILES string of the molecule is CCOC(=O)C(C(=O)OCC)c1c(F)cc(F)cc1Cl. The second-order valence-electron chi connectivity index (χ2n) is 3.72. The van der Waals surface area contributed by atoms with Crippen molar-refractivity contribution in [2.24, 2.45) is 0 Å². The van der Waals surface area contributed by atoms with Crippen molar-refractivity contribution in [3.63, 3.8) is 0 Å². The summed E-state index contributed by atoms with van der Waals surface area (Å²) in [5.74, 6) is -5.71. The van der Waals surface area contributed by atoms with Crippen LogP contribution in [-0.4, -0.2) is 25.2 Å². The predicted octanol–water partition coefficient (Wildman–Crippen LogP) is 2.83. The number of halogens is 3. The molecular formula is C13H13ClF2O4. The number of benzene rings is 1. The van der Waals surface area contributed by atoms with Gasteiger partial charge in [0.1, 0.15) is 11.6 Å². The Morgan fingerprint density at radius 2 is 1.65 bits per heavy atom. The first-order chi connectivity index (χ1) is 9.42. The number of hydrogen-bond donors (Lipinski definition) is 0. The summed E-state index contributed by atoms with van der Waals surface area (Å²) in [4.78, 5) is 23.6. The number of hydrogen-bond acceptors (Lipinski definition) is 4. The zero-order valence-electron chi connectivity index (χ0n) is 10.9. The van der Waals surface area contributed by atoms with Gasteiger partial charge in [-0.15, -0.1) is 0 Å². The molecule has 0 aromatic heterocycles. The molecule has 0 bridgehead atoms. The Hall–Kier alpha value is -1.69. The number of carbonyl (C=O) groups excluding carboxylic acids is 2. The van der Waals surface area contributed by atoms with E-state index >= 15 is 0 Å². The monoisotopic (exact) mass is 306 g/mol. The molecule has 0 saturated carbocycles. The van der Waals surface area contributed by atoms with E-state index in [1.54, 1.807) is 0 Å². The van der Waals surface area contributed by atoms with Gasteiger partial charge in [0, 0.05) is 11.6 Å². The molecule has 7 heteroatoms. The molecule has 0 spiro atoms. The Morgan fingerprint density at radius 1 is 1.15 bits per heavy atom. The highest BCUT2D eigenvalue weighted by Gasteiger charge is 2.35.